The summed E-state index contributed by atoms with van der Waals surface area (Å²) in [5.74, 6) is 0.899. The van der Waals surface area contributed by atoms with E-state index >= 15 is 0 Å². The molecule has 0 amide bonds. The predicted octanol–water partition coefficient (Wildman–Crippen LogP) is 4.48. The van der Waals surface area contributed by atoms with Gasteiger partial charge in [-0.1, -0.05) is 56.0 Å². The van der Waals surface area contributed by atoms with Gasteiger partial charge in [-0.15, -0.1) is 0 Å². The van der Waals surface area contributed by atoms with E-state index in [-0.39, 0.29) is 0 Å². The van der Waals surface area contributed by atoms with Crippen LogP contribution in [-0.2, 0) is 6.42 Å². The second-order valence-corrected chi connectivity index (χ2v) is 5.27. The first-order valence-electron chi connectivity index (χ1n) is 6.92. The van der Waals surface area contributed by atoms with Crippen molar-refractivity contribution < 1.29 is 0 Å². The molecule has 1 heteroatoms. The van der Waals surface area contributed by atoms with Crippen molar-refractivity contribution in [2.45, 2.75) is 32.1 Å². The van der Waals surface area contributed by atoms with Crippen LogP contribution in [0.5, 0.6) is 0 Å². The summed E-state index contributed by atoms with van der Waals surface area (Å²) in [6.07, 6.45) is 8.82. The zero-order valence-electron chi connectivity index (χ0n) is 10.7. The molecule has 2 aromatic rings. The average molecular weight is 237 g/mol. The molecule has 0 atom stereocenters. The monoisotopic (exact) mass is 237 g/mol. The molecule has 18 heavy (non-hydrogen) atoms. The van der Waals surface area contributed by atoms with Crippen LogP contribution >= 0.6 is 0 Å². The van der Waals surface area contributed by atoms with Gasteiger partial charge in [0.1, 0.15) is 0 Å². The lowest BCUT2D eigenvalue weighted by Gasteiger charge is -2.09. The molecule has 1 aromatic carbocycles. The second kappa shape index (κ2) is 5.34. The Bertz CT molecular complexity index is 498. The molecule has 0 bridgehead atoms. The first-order chi connectivity index (χ1) is 8.92. The molecule has 0 radical (unpaired) electrons. The summed E-state index contributed by atoms with van der Waals surface area (Å²) < 4.78 is 0. The highest BCUT2D eigenvalue weighted by atomic mass is 14.7. The number of pyridine rings is 1. The largest absolute Gasteiger partial charge is 0.256 e. The number of aromatic nitrogens is 1. The highest BCUT2D eigenvalue weighted by Crippen LogP contribution is 2.28. The van der Waals surface area contributed by atoms with Gasteiger partial charge in [-0.2, -0.15) is 0 Å². The summed E-state index contributed by atoms with van der Waals surface area (Å²) >= 11 is 0. The van der Waals surface area contributed by atoms with Crippen molar-refractivity contribution in [1.29, 1.82) is 0 Å². The van der Waals surface area contributed by atoms with Gasteiger partial charge in [0, 0.05) is 11.8 Å². The molecule has 1 aliphatic carbocycles. The van der Waals surface area contributed by atoms with Crippen LogP contribution in [0.15, 0.2) is 48.7 Å². The van der Waals surface area contributed by atoms with Gasteiger partial charge < -0.3 is 0 Å². The Kier molecular flexibility index (Phi) is 3.40. The molecule has 1 fully saturated rings. The van der Waals surface area contributed by atoms with E-state index in [0.717, 1.165) is 11.6 Å². The average Bonchev–Trinajstić information content (AvgIpc) is 2.93. The lowest BCUT2D eigenvalue weighted by molar-refractivity contribution is 0.546. The van der Waals surface area contributed by atoms with Gasteiger partial charge in [0.25, 0.3) is 0 Å². The van der Waals surface area contributed by atoms with Crippen molar-refractivity contribution >= 4 is 0 Å². The van der Waals surface area contributed by atoms with E-state index in [2.05, 4.69) is 41.4 Å². The number of hydrogen-bond acceptors (Lipinski definition) is 1. The Hall–Kier alpha value is -1.63. The first-order valence-corrected chi connectivity index (χ1v) is 6.92. The predicted molar refractivity (Wildman–Crippen MR) is 75.3 cm³/mol. The number of rotatable bonds is 3. The van der Waals surface area contributed by atoms with Crippen LogP contribution in [-0.4, -0.2) is 4.98 Å². The van der Waals surface area contributed by atoms with E-state index in [9.17, 15) is 0 Å². The molecule has 1 saturated carbocycles. The highest BCUT2D eigenvalue weighted by Gasteiger charge is 2.15. The summed E-state index contributed by atoms with van der Waals surface area (Å²) in [5.41, 5.74) is 3.76. The van der Waals surface area contributed by atoms with E-state index in [0.29, 0.717) is 0 Å². The Morgan fingerprint density at radius 1 is 1.00 bits per heavy atom. The lowest BCUT2D eigenvalue weighted by Crippen LogP contribution is -1.99. The number of nitrogens with zero attached hydrogens (tertiary/aromatic N) is 1. The molecular formula is C17H19N. The molecular weight excluding hydrogens is 218 g/mol. The molecule has 0 spiro atoms. The van der Waals surface area contributed by atoms with Crippen LogP contribution in [0.1, 0.15) is 31.2 Å². The third kappa shape index (κ3) is 2.61. The van der Waals surface area contributed by atoms with Crippen LogP contribution in [0.25, 0.3) is 11.3 Å². The minimum Gasteiger partial charge on any atom is -0.256 e. The number of hydrogen-bond donors (Lipinski definition) is 0. The van der Waals surface area contributed by atoms with E-state index < -0.39 is 0 Å². The third-order valence-corrected chi connectivity index (χ3v) is 3.89. The van der Waals surface area contributed by atoms with Crippen molar-refractivity contribution in [3.8, 4) is 11.3 Å². The summed E-state index contributed by atoms with van der Waals surface area (Å²) in [7, 11) is 0. The minimum absolute atomic E-state index is 0.899. The SMILES string of the molecule is c1ccc(-c2cc(CC3CCCC3)ccn2)cc1. The Morgan fingerprint density at radius 2 is 1.78 bits per heavy atom. The summed E-state index contributed by atoms with van der Waals surface area (Å²) in [5, 5.41) is 0. The lowest BCUT2D eigenvalue weighted by atomic mass is 9.97. The van der Waals surface area contributed by atoms with Gasteiger partial charge in [0.15, 0.2) is 0 Å². The van der Waals surface area contributed by atoms with Gasteiger partial charge in [-0.05, 0) is 30.0 Å². The Morgan fingerprint density at radius 3 is 2.56 bits per heavy atom. The van der Waals surface area contributed by atoms with Crippen molar-refractivity contribution in [2.24, 2.45) is 5.92 Å². The summed E-state index contributed by atoms with van der Waals surface area (Å²) in [4.78, 5) is 4.48. The van der Waals surface area contributed by atoms with Crippen LogP contribution in [0, 0.1) is 5.92 Å². The molecule has 1 nitrogen and oxygen atoms in total. The number of benzene rings is 1. The molecule has 0 aliphatic heterocycles. The summed E-state index contributed by atoms with van der Waals surface area (Å²) in [6.45, 7) is 0. The maximum Gasteiger partial charge on any atom is 0.0704 e. The molecule has 1 aliphatic rings. The van der Waals surface area contributed by atoms with E-state index in [4.69, 9.17) is 0 Å². The fourth-order valence-electron chi connectivity index (χ4n) is 2.92. The van der Waals surface area contributed by atoms with Gasteiger partial charge in [0.2, 0.25) is 0 Å². The van der Waals surface area contributed by atoms with Crippen LogP contribution in [0.2, 0.25) is 0 Å². The smallest absolute Gasteiger partial charge is 0.0704 e. The zero-order valence-corrected chi connectivity index (χ0v) is 10.7. The Balaban J connectivity index is 1.80. The van der Waals surface area contributed by atoms with E-state index in [1.165, 1.54) is 43.2 Å². The highest BCUT2D eigenvalue weighted by molar-refractivity contribution is 5.59. The maximum atomic E-state index is 4.48. The molecule has 0 unspecified atom stereocenters. The molecule has 0 N–H and O–H groups in total. The van der Waals surface area contributed by atoms with Crippen molar-refractivity contribution in [3.05, 3.63) is 54.2 Å². The van der Waals surface area contributed by atoms with E-state index in [1.54, 1.807) is 0 Å². The van der Waals surface area contributed by atoms with Crippen LogP contribution in [0.3, 0.4) is 0 Å². The standard InChI is InChI=1S/C17H19N/c1-2-8-16(9-3-1)17-13-15(10-11-18-17)12-14-6-4-5-7-14/h1-3,8-11,13-14H,4-7,12H2. The van der Waals surface area contributed by atoms with Crippen LogP contribution in [0.4, 0.5) is 0 Å². The van der Waals surface area contributed by atoms with Gasteiger partial charge in [0.05, 0.1) is 5.69 Å². The minimum atomic E-state index is 0.899. The van der Waals surface area contributed by atoms with E-state index in [1.807, 2.05) is 12.3 Å². The first kappa shape index (κ1) is 11.5. The Labute approximate surface area is 109 Å². The topological polar surface area (TPSA) is 12.9 Å². The molecule has 92 valence electrons. The van der Waals surface area contributed by atoms with Gasteiger partial charge in [-0.3, -0.25) is 4.98 Å². The molecule has 0 saturated heterocycles. The molecule has 1 aromatic heterocycles. The fraction of sp³-hybridized carbons (Fsp3) is 0.353. The van der Waals surface area contributed by atoms with Crippen molar-refractivity contribution in [1.82, 2.24) is 4.98 Å². The molecule has 3 rings (SSSR count). The summed E-state index contributed by atoms with van der Waals surface area (Å²) in [6, 6.07) is 14.9. The maximum absolute atomic E-state index is 4.48. The molecule has 1 heterocycles. The zero-order chi connectivity index (χ0) is 12.2. The van der Waals surface area contributed by atoms with Crippen molar-refractivity contribution in [3.63, 3.8) is 0 Å². The van der Waals surface area contributed by atoms with Crippen LogP contribution < -0.4 is 0 Å². The van der Waals surface area contributed by atoms with Gasteiger partial charge in [-0.25, -0.2) is 0 Å². The second-order valence-electron chi connectivity index (χ2n) is 5.27. The normalized spacial score (nSPS) is 16.0. The van der Waals surface area contributed by atoms with Crippen molar-refractivity contribution in [2.75, 3.05) is 0 Å². The fourth-order valence-corrected chi connectivity index (χ4v) is 2.92. The van der Waals surface area contributed by atoms with Gasteiger partial charge >= 0.3 is 0 Å². The quantitative estimate of drug-likeness (QED) is 0.767. The third-order valence-electron chi connectivity index (χ3n) is 3.89.